The lowest BCUT2D eigenvalue weighted by Gasteiger charge is -2.31. The van der Waals surface area contributed by atoms with E-state index in [1.165, 1.54) is 22.7 Å². The third-order valence-electron chi connectivity index (χ3n) is 4.31. The van der Waals surface area contributed by atoms with Crippen LogP contribution in [0.2, 0.25) is 0 Å². The molecule has 0 saturated carbocycles. The van der Waals surface area contributed by atoms with Crippen molar-refractivity contribution in [2.45, 2.75) is 17.9 Å². The van der Waals surface area contributed by atoms with Crippen LogP contribution in [0.5, 0.6) is 0 Å². The van der Waals surface area contributed by atoms with Crippen LogP contribution >= 0.6 is 22.7 Å². The minimum atomic E-state index is -1.27. The monoisotopic (exact) mass is 354 g/mol. The highest BCUT2D eigenvalue weighted by molar-refractivity contribution is 7.12. The maximum atomic E-state index is 13.4. The van der Waals surface area contributed by atoms with Crippen molar-refractivity contribution in [3.8, 4) is 0 Å². The number of carbonyl (C=O) groups is 2. The maximum Gasteiger partial charge on any atom is 0.307 e. The highest BCUT2D eigenvalue weighted by Gasteiger charge is 2.57. The van der Waals surface area contributed by atoms with Crippen molar-refractivity contribution in [2.75, 3.05) is 0 Å². The molecule has 3 heterocycles. The molecule has 2 aromatic heterocycles. The first-order valence-corrected chi connectivity index (χ1v) is 9.37. The number of hydrogen-bond acceptors (Lipinski definition) is 5. The first-order chi connectivity index (χ1) is 11.7. The van der Waals surface area contributed by atoms with Gasteiger partial charge in [-0.2, -0.15) is 0 Å². The third-order valence-corrected chi connectivity index (χ3v) is 6.16. The Hall–Kier alpha value is -2.24. The molecule has 0 amide bonds. The molecule has 1 aromatic carbocycles. The van der Waals surface area contributed by atoms with Gasteiger partial charge in [0.05, 0.1) is 16.2 Å². The number of hydrogen-bond donors (Lipinski definition) is 0. The summed E-state index contributed by atoms with van der Waals surface area (Å²) in [6, 6.07) is 17.1. The lowest BCUT2D eigenvalue weighted by atomic mass is 9.77. The molecule has 3 aromatic rings. The number of carbonyl (C=O) groups excluding carboxylic acids is 2. The van der Waals surface area contributed by atoms with Crippen molar-refractivity contribution < 1.29 is 14.3 Å². The second-order valence-electron chi connectivity index (χ2n) is 5.66. The molecule has 0 aliphatic carbocycles. The lowest BCUT2D eigenvalue weighted by Crippen LogP contribution is -2.39. The van der Waals surface area contributed by atoms with E-state index in [1.54, 1.807) is 6.07 Å². The Labute approximate surface area is 147 Å². The first kappa shape index (κ1) is 15.3. The van der Waals surface area contributed by atoms with E-state index >= 15 is 0 Å². The number of esters is 1. The van der Waals surface area contributed by atoms with Crippen LogP contribution in [0, 0.1) is 0 Å². The van der Waals surface area contributed by atoms with Gasteiger partial charge in [0.1, 0.15) is 0 Å². The average Bonchev–Trinajstić information content (AvgIpc) is 3.35. The molecule has 0 N–H and O–H groups in total. The van der Waals surface area contributed by atoms with Gasteiger partial charge in [0.25, 0.3) is 0 Å². The molecule has 120 valence electrons. The second kappa shape index (κ2) is 6.00. The molecule has 0 unspecified atom stereocenters. The molecule has 1 aliphatic heterocycles. The van der Waals surface area contributed by atoms with Crippen LogP contribution in [0.4, 0.5) is 0 Å². The fraction of sp³-hybridized carbons (Fsp3) is 0.158. The molecule has 1 aliphatic rings. The molecule has 24 heavy (non-hydrogen) atoms. The Morgan fingerprint density at radius 2 is 1.75 bits per heavy atom. The number of ether oxygens (including phenoxy) is 1. The number of cyclic esters (lactones) is 1. The smallest absolute Gasteiger partial charge is 0.307 e. The fourth-order valence-electron chi connectivity index (χ4n) is 3.26. The normalized spacial score (nSPS) is 23.2. The van der Waals surface area contributed by atoms with Gasteiger partial charge in [0.2, 0.25) is 11.4 Å². The Morgan fingerprint density at radius 3 is 2.42 bits per heavy atom. The average molecular weight is 354 g/mol. The molecule has 0 bridgehead atoms. The lowest BCUT2D eigenvalue weighted by molar-refractivity contribution is -0.146. The van der Waals surface area contributed by atoms with E-state index < -0.39 is 5.60 Å². The van der Waals surface area contributed by atoms with E-state index in [4.69, 9.17) is 4.74 Å². The summed E-state index contributed by atoms with van der Waals surface area (Å²) in [5.41, 5.74) is -0.320. The Balaban J connectivity index is 1.92. The molecule has 0 radical (unpaired) electrons. The van der Waals surface area contributed by atoms with Crippen LogP contribution < -0.4 is 0 Å². The standard InChI is InChI=1S/C19H14O3S2/c20-17-12-14(13-6-2-1-3-7-13)19(22-17,16-9-5-11-24-16)18(21)15-8-4-10-23-15/h1-11,14H,12H2/t14-,19-/m0/s1. The summed E-state index contributed by atoms with van der Waals surface area (Å²) in [5, 5.41) is 3.77. The zero-order chi connectivity index (χ0) is 16.6. The van der Waals surface area contributed by atoms with Gasteiger partial charge in [0.15, 0.2) is 0 Å². The van der Waals surface area contributed by atoms with Gasteiger partial charge in [-0.15, -0.1) is 22.7 Å². The van der Waals surface area contributed by atoms with Crippen molar-refractivity contribution in [3.63, 3.8) is 0 Å². The van der Waals surface area contributed by atoms with Gasteiger partial charge >= 0.3 is 5.97 Å². The Morgan fingerprint density at radius 1 is 1.00 bits per heavy atom. The predicted molar refractivity (Wildman–Crippen MR) is 94.5 cm³/mol. The minimum Gasteiger partial charge on any atom is -0.444 e. The van der Waals surface area contributed by atoms with Crippen molar-refractivity contribution in [2.24, 2.45) is 0 Å². The van der Waals surface area contributed by atoms with Crippen LogP contribution in [0.15, 0.2) is 65.4 Å². The molecule has 1 saturated heterocycles. The van der Waals surface area contributed by atoms with E-state index in [9.17, 15) is 9.59 Å². The fourth-order valence-corrected chi connectivity index (χ4v) is 4.89. The number of rotatable bonds is 4. The van der Waals surface area contributed by atoms with Crippen molar-refractivity contribution >= 4 is 34.4 Å². The van der Waals surface area contributed by atoms with Gasteiger partial charge in [0, 0.05) is 5.92 Å². The number of ketones is 1. The summed E-state index contributed by atoms with van der Waals surface area (Å²) in [4.78, 5) is 27.0. The highest BCUT2D eigenvalue weighted by Crippen LogP contribution is 2.51. The molecule has 0 spiro atoms. The second-order valence-corrected chi connectivity index (χ2v) is 7.56. The topological polar surface area (TPSA) is 43.4 Å². The largest absolute Gasteiger partial charge is 0.444 e. The van der Waals surface area contributed by atoms with Crippen LogP contribution in [-0.4, -0.2) is 11.8 Å². The van der Waals surface area contributed by atoms with Gasteiger partial charge < -0.3 is 4.74 Å². The molecule has 3 nitrogen and oxygen atoms in total. The Bertz CT molecular complexity index is 853. The highest BCUT2D eigenvalue weighted by atomic mass is 32.1. The van der Waals surface area contributed by atoms with Crippen LogP contribution in [0.3, 0.4) is 0 Å². The quantitative estimate of drug-likeness (QED) is 0.507. The van der Waals surface area contributed by atoms with Gasteiger partial charge in [-0.25, -0.2) is 0 Å². The molecule has 4 rings (SSSR count). The molecule has 2 atom stereocenters. The summed E-state index contributed by atoms with van der Waals surface area (Å²) < 4.78 is 5.77. The van der Waals surface area contributed by atoms with E-state index in [0.29, 0.717) is 4.88 Å². The summed E-state index contributed by atoms with van der Waals surface area (Å²) >= 11 is 2.83. The summed E-state index contributed by atoms with van der Waals surface area (Å²) in [6.45, 7) is 0. The molecular formula is C19H14O3S2. The van der Waals surface area contributed by atoms with Crippen molar-refractivity contribution in [1.29, 1.82) is 0 Å². The van der Waals surface area contributed by atoms with Crippen LogP contribution in [0.1, 0.15) is 32.5 Å². The van der Waals surface area contributed by atoms with Gasteiger partial charge in [-0.1, -0.05) is 42.5 Å². The number of benzene rings is 1. The predicted octanol–water partition coefficient (Wildman–Crippen LogP) is 4.62. The van der Waals surface area contributed by atoms with E-state index in [2.05, 4.69) is 0 Å². The maximum absolute atomic E-state index is 13.4. The number of Topliss-reactive ketones (excluding diaryl/α,β-unsaturated/α-hetero) is 1. The first-order valence-electron chi connectivity index (χ1n) is 7.61. The van der Waals surface area contributed by atoms with Crippen molar-refractivity contribution in [1.82, 2.24) is 0 Å². The van der Waals surface area contributed by atoms with E-state index in [-0.39, 0.29) is 24.1 Å². The summed E-state index contributed by atoms with van der Waals surface area (Å²) in [7, 11) is 0. The SMILES string of the molecule is O=C1C[C@@H](c2ccccc2)[C@@](C(=O)c2cccs2)(c2cccs2)O1. The summed E-state index contributed by atoms with van der Waals surface area (Å²) in [5.74, 6) is -0.790. The van der Waals surface area contributed by atoms with E-state index in [1.807, 2.05) is 59.3 Å². The van der Waals surface area contributed by atoms with Gasteiger partial charge in [-0.3, -0.25) is 9.59 Å². The summed E-state index contributed by atoms with van der Waals surface area (Å²) in [6.07, 6.45) is 0.207. The third kappa shape index (κ3) is 2.32. The van der Waals surface area contributed by atoms with Gasteiger partial charge in [-0.05, 0) is 28.5 Å². The molecule has 5 heteroatoms. The number of thiophene rings is 2. The molecular weight excluding hydrogens is 340 g/mol. The zero-order valence-corrected chi connectivity index (χ0v) is 14.3. The Kier molecular flexibility index (Phi) is 3.82. The van der Waals surface area contributed by atoms with Crippen LogP contribution in [0.25, 0.3) is 0 Å². The van der Waals surface area contributed by atoms with Crippen molar-refractivity contribution in [3.05, 3.63) is 80.7 Å². The van der Waals surface area contributed by atoms with E-state index in [0.717, 1.165) is 10.4 Å². The zero-order valence-electron chi connectivity index (χ0n) is 12.7. The molecule has 1 fully saturated rings. The van der Waals surface area contributed by atoms with Crippen LogP contribution in [-0.2, 0) is 15.1 Å². The minimum absolute atomic E-state index is 0.139.